The fraction of sp³-hybridized carbons (Fsp3) is 1.00. The van der Waals surface area contributed by atoms with E-state index in [4.69, 9.17) is 0 Å². The Morgan fingerprint density at radius 1 is 1.31 bits per heavy atom. The lowest BCUT2D eigenvalue weighted by Gasteiger charge is -2.20. The molecule has 3 heteroatoms. The first-order valence-electron chi connectivity index (χ1n) is 6.85. The zero-order valence-electron chi connectivity index (χ0n) is 10.9. The molecule has 2 unspecified atom stereocenters. The van der Waals surface area contributed by atoms with Gasteiger partial charge in [0, 0.05) is 12.6 Å². The minimum absolute atomic E-state index is 0.799. The summed E-state index contributed by atoms with van der Waals surface area (Å²) in [6.45, 7) is 6.43. The summed E-state index contributed by atoms with van der Waals surface area (Å²) in [5.74, 6) is 0.965. The number of likely N-dealkylation sites (N-methyl/N-ethyl adjacent to an activating group) is 1. The molecule has 2 aliphatic rings. The van der Waals surface area contributed by atoms with Gasteiger partial charge in [0.05, 0.1) is 0 Å². The van der Waals surface area contributed by atoms with Crippen molar-refractivity contribution in [3.05, 3.63) is 0 Å². The molecule has 0 aliphatic carbocycles. The van der Waals surface area contributed by atoms with E-state index in [9.17, 15) is 0 Å². The van der Waals surface area contributed by atoms with Crippen LogP contribution < -0.4 is 5.32 Å². The van der Waals surface area contributed by atoms with Crippen molar-refractivity contribution < 1.29 is 0 Å². The summed E-state index contributed by atoms with van der Waals surface area (Å²) in [5.41, 5.74) is 0. The molecule has 2 rings (SSSR count). The summed E-state index contributed by atoms with van der Waals surface area (Å²) in [7, 11) is 4.41. The molecule has 0 spiro atoms. The molecule has 3 nitrogen and oxygen atoms in total. The van der Waals surface area contributed by atoms with Gasteiger partial charge >= 0.3 is 0 Å². The van der Waals surface area contributed by atoms with Gasteiger partial charge in [0.15, 0.2) is 0 Å². The standard InChI is InChI=1S/C13H27N3/c1-15(2)13-6-9-16(11-13)8-3-4-12-5-7-14-10-12/h12-14H,3-11H2,1-2H3. The molecule has 16 heavy (non-hydrogen) atoms. The van der Waals surface area contributed by atoms with Crippen molar-refractivity contribution in [2.45, 2.75) is 31.7 Å². The molecule has 0 aromatic heterocycles. The van der Waals surface area contributed by atoms with Crippen LogP contribution in [0.5, 0.6) is 0 Å². The first-order valence-corrected chi connectivity index (χ1v) is 6.85. The lowest BCUT2D eigenvalue weighted by atomic mass is 10.0. The zero-order valence-corrected chi connectivity index (χ0v) is 10.9. The van der Waals surface area contributed by atoms with Gasteiger partial charge in [0.25, 0.3) is 0 Å². The number of hydrogen-bond donors (Lipinski definition) is 1. The molecule has 1 N–H and O–H groups in total. The molecule has 0 bridgehead atoms. The maximum atomic E-state index is 3.45. The molecular formula is C13H27N3. The molecule has 0 aromatic carbocycles. The zero-order chi connectivity index (χ0) is 11.4. The minimum atomic E-state index is 0.799. The van der Waals surface area contributed by atoms with Crippen LogP contribution in [0, 0.1) is 5.92 Å². The second-order valence-corrected chi connectivity index (χ2v) is 5.71. The van der Waals surface area contributed by atoms with Crippen LogP contribution >= 0.6 is 0 Å². The Morgan fingerprint density at radius 3 is 2.81 bits per heavy atom. The second kappa shape index (κ2) is 5.99. The lowest BCUT2D eigenvalue weighted by molar-refractivity contribution is 0.262. The van der Waals surface area contributed by atoms with Crippen molar-refractivity contribution in [2.24, 2.45) is 5.92 Å². The highest BCUT2D eigenvalue weighted by molar-refractivity contribution is 4.81. The Balaban J connectivity index is 1.57. The fourth-order valence-corrected chi connectivity index (χ4v) is 3.00. The Kier molecular flexibility index (Phi) is 4.62. The predicted octanol–water partition coefficient (Wildman–Crippen LogP) is 1.01. The van der Waals surface area contributed by atoms with Crippen LogP contribution in [0.15, 0.2) is 0 Å². The van der Waals surface area contributed by atoms with Gasteiger partial charge in [0.1, 0.15) is 0 Å². The normalized spacial score (nSPS) is 31.7. The van der Waals surface area contributed by atoms with E-state index in [1.54, 1.807) is 0 Å². The van der Waals surface area contributed by atoms with E-state index in [0.29, 0.717) is 0 Å². The molecule has 2 aliphatic heterocycles. The minimum Gasteiger partial charge on any atom is -0.316 e. The molecule has 2 fully saturated rings. The highest BCUT2D eigenvalue weighted by Gasteiger charge is 2.23. The van der Waals surface area contributed by atoms with E-state index in [0.717, 1.165) is 12.0 Å². The van der Waals surface area contributed by atoms with Gasteiger partial charge in [-0.15, -0.1) is 0 Å². The first-order chi connectivity index (χ1) is 7.75. The summed E-state index contributed by atoms with van der Waals surface area (Å²) in [4.78, 5) is 5.02. The second-order valence-electron chi connectivity index (χ2n) is 5.71. The first kappa shape index (κ1) is 12.3. The Morgan fingerprint density at radius 2 is 2.19 bits per heavy atom. The highest BCUT2D eigenvalue weighted by Crippen LogP contribution is 2.17. The van der Waals surface area contributed by atoms with Crippen LogP contribution in [0.25, 0.3) is 0 Å². The van der Waals surface area contributed by atoms with Crippen molar-refractivity contribution in [3.8, 4) is 0 Å². The largest absolute Gasteiger partial charge is 0.316 e. The smallest absolute Gasteiger partial charge is 0.0229 e. The van der Waals surface area contributed by atoms with Crippen molar-refractivity contribution in [1.82, 2.24) is 15.1 Å². The quantitative estimate of drug-likeness (QED) is 0.753. The number of nitrogens with zero attached hydrogens (tertiary/aromatic N) is 2. The van der Waals surface area contributed by atoms with Gasteiger partial charge in [-0.1, -0.05) is 0 Å². The van der Waals surface area contributed by atoms with Gasteiger partial charge in [-0.3, -0.25) is 0 Å². The summed E-state index contributed by atoms with van der Waals surface area (Å²) in [6, 6.07) is 0.799. The van der Waals surface area contributed by atoms with Crippen molar-refractivity contribution >= 4 is 0 Å². The van der Waals surface area contributed by atoms with E-state index in [1.165, 1.54) is 58.4 Å². The molecule has 0 amide bonds. The SMILES string of the molecule is CN(C)C1CCN(CCCC2CCNC2)C1. The van der Waals surface area contributed by atoms with Crippen molar-refractivity contribution in [2.75, 3.05) is 46.8 Å². The molecule has 2 heterocycles. The highest BCUT2D eigenvalue weighted by atomic mass is 15.2. The molecule has 0 aromatic rings. The van der Waals surface area contributed by atoms with Gasteiger partial charge in [0.2, 0.25) is 0 Å². The maximum absolute atomic E-state index is 3.45. The monoisotopic (exact) mass is 225 g/mol. The van der Waals surface area contributed by atoms with E-state index >= 15 is 0 Å². The van der Waals surface area contributed by atoms with Gasteiger partial charge < -0.3 is 15.1 Å². The van der Waals surface area contributed by atoms with Gasteiger partial charge in [-0.05, 0) is 71.9 Å². The average molecular weight is 225 g/mol. The van der Waals surface area contributed by atoms with Crippen molar-refractivity contribution in [3.63, 3.8) is 0 Å². The topological polar surface area (TPSA) is 18.5 Å². The Labute approximate surface area is 100 Å². The number of hydrogen-bond acceptors (Lipinski definition) is 3. The number of nitrogens with one attached hydrogen (secondary N) is 1. The lowest BCUT2D eigenvalue weighted by Crippen LogP contribution is -2.32. The van der Waals surface area contributed by atoms with Crippen molar-refractivity contribution in [1.29, 1.82) is 0 Å². The van der Waals surface area contributed by atoms with Crippen LogP contribution in [0.2, 0.25) is 0 Å². The van der Waals surface area contributed by atoms with E-state index in [2.05, 4.69) is 29.2 Å². The summed E-state index contributed by atoms with van der Waals surface area (Å²) < 4.78 is 0. The van der Waals surface area contributed by atoms with Crippen LogP contribution in [0.4, 0.5) is 0 Å². The van der Waals surface area contributed by atoms with E-state index < -0.39 is 0 Å². The molecule has 94 valence electrons. The number of rotatable bonds is 5. The Hall–Kier alpha value is -0.120. The van der Waals surface area contributed by atoms with Gasteiger partial charge in [-0.25, -0.2) is 0 Å². The molecule has 2 atom stereocenters. The predicted molar refractivity (Wildman–Crippen MR) is 68.7 cm³/mol. The van der Waals surface area contributed by atoms with E-state index in [1.807, 2.05) is 0 Å². The fourth-order valence-electron chi connectivity index (χ4n) is 3.00. The summed E-state index contributed by atoms with van der Waals surface area (Å²) in [6.07, 6.45) is 5.58. The van der Waals surface area contributed by atoms with E-state index in [-0.39, 0.29) is 0 Å². The van der Waals surface area contributed by atoms with Crippen LogP contribution in [-0.2, 0) is 0 Å². The molecule has 2 saturated heterocycles. The van der Waals surface area contributed by atoms with Crippen LogP contribution in [0.1, 0.15) is 25.7 Å². The third kappa shape index (κ3) is 3.44. The molecule has 0 saturated carbocycles. The summed E-state index contributed by atoms with van der Waals surface area (Å²) >= 11 is 0. The third-order valence-electron chi connectivity index (χ3n) is 4.23. The summed E-state index contributed by atoms with van der Waals surface area (Å²) in [5, 5.41) is 3.45. The van der Waals surface area contributed by atoms with Gasteiger partial charge in [-0.2, -0.15) is 0 Å². The molecule has 0 radical (unpaired) electrons. The Bertz CT molecular complexity index is 199. The van der Waals surface area contributed by atoms with Crippen LogP contribution in [0.3, 0.4) is 0 Å². The maximum Gasteiger partial charge on any atom is 0.0229 e. The number of likely N-dealkylation sites (tertiary alicyclic amines) is 1. The van der Waals surface area contributed by atoms with Crippen LogP contribution in [-0.4, -0.2) is 62.7 Å². The molecular weight excluding hydrogens is 198 g/mol. The average Bonchev–Trinajstić information content (AvgIpc) is 2.87. The third-order valence-corrected chi connectivity index (χ3v) is 4.23.